The summed E-state index contributed by atoms with van der Waals surface area (Å²) in [5.74, 6) is -0.987. The Labute approximate surface area is 154 Å². The van der Waals surface area contributed by atoms with Gasteiger partial charge in [-0.3, -0.25) is 14.4 Å². The number of benzene rings is 1. The van der Waals surface area contributed by atoms with Gasteiger partial charge in [0.15, 0.2) is 5.16 Å². The number of aromatic amines is 1. The van der Waals surface area contributed by atoms with Gasteiger partial charge in [-0.05, 0) is 25.5 Å². The Hall–Kier alpha value is -2.61. The molecule has 1 atom stereocenters. The molecule has 0 aliphatic carbocycles. The average Bonchev–Trinajstić information content (AvgIpc) is 2.86. The zero-order valence-corrected chi connectivity index (χ0v) is 15.3. The summed E-state index contributed by atoms with van der Waals surface area (Å²) in [6.07, 6.45) is 1.13. The molecule has 3 rings (SSSR count). The Morgan fingerprint density at radius 2 is 1.96 bits per heavy atom. The third kappa shape index (κ3) is 3.50. The second kappa shape index (κ2) is 7.33. The van der Waals surface area contributed by atoms with E-state index in [1.54, 1.807) is 12.1 Å². The Morgan fingerprint density at radius 1 is 1.27 bits per heavy atom. The van der Waals surface area contributed by atoms with Crippen molar-refractivity contribution in [3.8, 4) is 5.88 Å². The summed E-state index contributed by atoms with van der Waals surface area (Å²) in [4.78, 5) is 44.7. The molecule has 2 N–H and O–H groups in total. The number of nitrogens with one attached hydrogen (secondary N) is 1. The van der Waals surface area contributed by atoms with Gasteiger partial charge in [-0.1, -0.05) is 42.8 Å². The summed E-state index contributed by atoms with van der Waals surface area (Å²) in [5.41, 5.74) is 1.36. The van der Waals surface area contributed by atoms with Gasteiger partial charge in [-0.25, -0.2) is 4.90 Å². The lowest BCUT2D eigenvalue weighted by atomic mass is 10.2. The van der Waals surface area contributed by atoms with E-state index in [2.05, 4.69) is 9.97 Å². The minimum Gasteiger partial charge on any atom is -0.493 e. The number of nitrogens with zero attached hydrogens (tertiary/aromatic N) is 2. The van der Waals surface area contributed by atoms with Crippen LogP contribution in [0.5, 0.6) is 5.88 Å². The molecule has 1 aromatic heterocycles. The lowest BCUT2D eigenvalue weighted by Gasteiger charge is -2.15. The quantitative estimate of drug-likeness (QED) is 0.615. The smallest absolute Gasteiger partial charge is 0.258 e. The Balaban J connectivity index is 1.81. The van der Waals surface area contributed by atoms with E-state index in [4.69, 9.17) is 0 Å². The van der Waals surface area contributed by atoms with Gasteiger partial charge in [0.2, 0.25) is 17.7 Å². The number of aromatic hydroxyl groups is 1. The molecule has 0 spiro atoms. The fourth-order valence-electron chi connectivity index (χ4n) is 2.79. The number of carbonyl (C=O) groups is 2. The molecule has 2 amide bonds. The molecule has 7 nitrogen and oxygen atoms in total. The first-order valence-electron chi connectivity index (χ1n) is 8.33. The van der Waals surface area contributed by atoms with Crippen LogP contribution in [0.15, 0.2) is 34.2 Å². The van der Waals surface area contributed by atoms with Crippen LogP contribution in [-0.2, 0) is 16.0 Å². The van der Waals surface area contributed by atoms with Crippen LogP contribution in [0.3, 0.4) is 0 Å². The van der Waals surface area contributed by atoms with Crippen molar-refractivity contribution in [2.24, 2.45) is 0 Å². The number of anilines is 1. The second-order valence-electron chi connectivity index (χ2n) is 6.14. The molecule has 1 unspecified atom stereocenters. The number of hydrogen-bond donors (Lipinski definition) is 2. The summed E-state index contributed by atoms with van der Waals surface area (Å²) in [6.45, 7) is 3.82. The maximum atomic E-state index is 12.6. The van der Waals surface area contributed by atoms with E-state index >= 15 is 0 Å². The van der Waals surface area contributed by atoms with Crippen molar-refractivity contribution >= 4 is 29.3 Å². The lowest BCUT2D eigenvalue weighted by molar-refractivity contribution is -0.121. The monoisotopic (exact) mass is 373 g/mol. The van der Waals surface area contributed by atoms with Crippen molar-refractivity contribution < 1.29 is 14.7 Å². The third-order valence-electron chi connectivity index (χ3n) is 4.12. The largest absolute Gasteiger partial charge is 0.493 e. The molecule has 1 aromatic carbocycles. The number of aryl methyl sites for hydroxylation is 1. The fraction of sp³-hybridized carbons (Fsp3) is 0.333. The van der Waals surface area contributed by atoms with Crippen molar-refractivity contribution in [3.05, 3.63) is 45.7 Å². The number of imide groups is 1. The zero-order chi connectivity index (χ0) is 18.8. The van der Waals surface area contributed by atoms with E-state index < -0.39 is 10.8 Å². The van der Waals surface area contributed by atoms with E-state index in [9.17, 15) is 19.5 Å². The maximum Gasteiger partial charge on any atom is 0.258 e. The molecule has 26 heavy (non-hydrogen) atoms. The highest BCUT2D eigenvalue weighted by Gasteiger charge is 2.40. The first-order chi connectivity index (χ1) is 12.4. The molecule has 1 fully saturated rings. The Bertz CT molecular complexity index is 908. The van der Waals surface area contributed by atoms with E-state index in [0.29, 0.717) is 18.5 Å². The van der Waals surface area contributed by atoms with Crippen LogP contribution in [0.4, 0.5) is 5.69 Å². The first-order valence-corrected chi connectivity index (χ1v) is 9.21. The molecule has 2 heterocycles. The van der Waals surface area contributed by atoms with E-state index in [-0.39, 0.29) is 34.8 Å². The molecule has 8 heteroatoms. The van der Waals surface area contributed by atoms with E-state index in [1.807, 2.05) is 26.0 Å². The van der Waals surface area contributed by atoms with Gasteiger partial charge in [0.1, 0.15) is 5.25 Å². The standard InChI is InChI=1S/C18H19N3O4S/c1-3-4-12-15(23)19-18(20-16(12)24)26-13-9-14(22)21(17(13)25)11-7-5-10(2)6-8-11/h5-8,13H,3-4,9H2,1-2H3,(H2,19,20,23,24). The first kappa shape index (κ1) is 18.2. The van der Waals surface area contributed by atoms with E-state index in [0.717, 1.165) is 22.2 Å². The average molecular weight is 373 g/mol. The normalized spacial score (nSPS) is 17.2. The van der Waals surface area contributed by atoms with Crippen molar-refractivity contribution in [1.29, 1.82) is 0 Å². The number of thioether (sulfide) groups is 1. The third-order valence-corrected chi connectivity index (χ3v) is 5.19. The molecule has 1 aliphatic rings. The van der Waals surface area contributed by atoms with Gasteiger partial charge in [-0.2, -0.15) is 4.98 Å². The van der Waals surface area contributed by atoms with Gasteiger partial charge >= 0.3 is 0 Å². The van der Waals surface area contributed by atoms with Crippen molar-refractivity contribution in [2.75, 3.05) is 4.90 Å². The van der Waals surface area contributed by atoms with Gasteiger partial charge in [0.05, 0.1) is 11.3 Å². The molecule has 0 saturated carbocycles. The summed E-state index contributed by atoms with van der Waals surface area (Å²) in [5, 5.41) is 9.38. The van der Waals surface area contributed by atoms with Crippen LogP contribution in [0.2, 0.25) is 0 Å². The van der Waals surface area contributed by atoms with Crippen LogP contribution in [0, 0.1) is 6.92 Å². The molecule has 1 saturated heterocycles. The SMILES string of the molecule is CCCc1c(O)nc(SC2CC(=O)N(c3ccc(C)cc3)C2=O)[nH]c1=O. The fourth-order valence-corrected chi connectivity index (χ4v) is 3.79. The van der Waals surface area contributed by atoms with Crippen LogP contribution in [-0.4, -0.2) is 32.1 Å². The van der Waals surface area contributed by atoms with Crippen molar-refractivity contribution in [1.82, 2.24) is 9.97 Å². The van der Waals surface area contributed by atoms with Crippen molar-refractivity contribution in [2.45, 2.75) is 43.5 Å². The molecule has 0 radical (unpaired) electrons. The second-order valence-corrected chi connectivity index (χ2v) is 7.33. The maximum absolute atomic E-state index is 12.6. The molecule has 0 bridgehead atoms. The topological polar surface area (TPSA) is 103 Å². The van der Waals surface area contributed by atoms with Crippen LogP contribution in [0.25, 0.3) is 0 Å². The molecular formula is C18H19N3O4S. The summed E-state index contributed by atoms with van der Waals surface area (Å²) < 4.78 is 0. The van der Waals surface area contributed by atoms with Crippen LogP contribution >= 0.6 is 11.8 Å². The number of hydrogen-bond acceptors (Lipinski definition) is 6. The van der Waals surface area contributed by atoms with Gasteiger partial charge < -0.3 is 10.1 Å². The predicted molar refractivity (Wildman–Crippen MR) is 98.5 cm³/mol. The van der Waals surface area contributed by atoms with Gasteiger partial charge in [-0.15, -0.1) is 0 Å². The molecule has 136 valence electrons. The molecular weight excluding hydrogens is 354 g/mol. The number of aromatic nitrogens is 2. The Kier molecular flexibility index (Phi) is 5.13. The van der Waals surface area contributed by atoms with Crippen molar-refractivity contribution in [3.63, 3.8) is 0 Å². The highest BCUT2D eigenvalue weighted by molar-refractivity contribution is 8.00. The van der Waals surface area contributed by atoms with Crippen LogP contribution < -0.4 is 10.5 Å². The number of rotatable bonds is 5. The predicted octanol–water partition coefficient (Wildman–Crippen LogP) is 2.16. The number of carbonyl (C=O) groups excluding carboxylic acids is 2. The minimum absolute atomic E-state index is 0.0125. The van der Waals surface area contributed by atoms with Crippen LogP contribution in [0.1, 0.15) is 30.9 Å². The number of H-pyrrole nitrogens is 1. The Morgan fingerprint density at radius 3 is 2.58 bits per heavy atom. The summed E-state index contributed by atoms with van der Waals surface area (Å²) in [7, 11) is 0. The highest BCUT2D eigenvalue weighted by atomic mass is 32.2. The summed E-state index contributed by atoms with van der Waals surface area (Å²) >= 11 is 0.981. The van der Waals surface area contributed by atoms with Gasteiger partial charge in [0, 0.05) is 6.42 Å². The molecule has 2 aromatic rings. The highest BCUT2D eigenvalue weighted by Crippen LogP contribution is 2.33. The van der Waals surface area contributed by atoms with Gasteiger partial charge in [0.25, 0.3) is 5.56 Å². The summed E-state index contributed by atoms with van der Waals surface area (Å²) in [6, 6.07) is 7.12. The zero-order valence-electron chi connectivity index (χ0n) is 14.5. The minimum atomic E-state index is -0.691. The number of amides is 2. The lowest BCUT2D eigenvalue weighted by Crippen LogP contribution is -2.31. The molecule has 1 aliphatic heterocycles. The van der Waals surface area contributed by atoms with E-state index in [1.165, 1.54) is 0 Å².